The van der Waals surface area contributed by atoms with Gasteiger partial charge in [0, 0.05) is 12.8 Å². The van der Waals surface area contributed by atoms with Crippen molar-refractivity contribution < 1.29 is 113 Å². The maximum absolute atomic E-state index is 14.1. The molecular weight excluding hydrogens is 1100 g/mol. The zero-order chi connectivity index (χ0) is 60.3. The molecular formula is C58H107O23P. The van der Waals surface area contributed by atoms with E-state index in [9.17, 15) is 75.2 Å². The molecule has 0 radical (unpaired) electrons. The molecule has 23 nitrogen and oxygen atoms in total. The van der Waals surface area contributed by atoms with Crippen LogP contribution in [-0.4, -0.2) is 204 Å². The molecule has 0 aromatic heterocycles. The van der Waals surface area contributed by atoms with Gasteiger partial charge in [0.2, 0.25) is 0 Å². The molecule has 0 aromatic rings. The molecule has 16 unspecified atom stereocenters. The van der Waals surface area contributed by atoms with Crippen molar-refractivity contribution in [2.75, 3.05) is 26.4 Å². The maximum Gasteiger partial charge on any atom is 0.472 e. The second kappa shape index (κ2) is 42.9. The van der Waals surface area contributed by atoms with Gasteiger partial charge in [-0.2, -0.15) is 0 Å². The number of unbranched alkanes of at least 4 members (excludes halogenated alkanes) is 26. The maximum atomic E-state index is 14.1. The number of carbonyl (C=O) groups excluding carboxylic acids is 2. The van der Waals surface area contributed by atoms with Crippen LogP contribution in [0, 0.1) is 0 Å². The van der Waals surface area contributed by atoms with Crippen LogP contribution in [0.1, 0.15) is 213 Å². The highest BCUT2D eigenvalue weighted by Crippen LogP contribution is 2.49. The average Bonchev–Trinajstić information content (AvgIpc) is 3.50. The average molecular weight is 1200 g/mol. The fraction of sp³-hybridized carbons (Fsp3) is 0.931. The highest BCUT2D eigenvalue weighted by molar-refractivity contribution is 7.47. The van der Waals surface area contributed by atoms with Gasteiger partial charge in [-0.1, -0.05) is 174 Å². The van der Waals surface area contributed by atoms with E-state index in [2.05, 4.69) is 26.0 Å². The van der Waals surface area contributed by atoms with Crippen LogP contribution in [-0.2, 0) is 51.6 Å². The first-order valence-electron chi connectivity index (χ1n) is 31.0. The molecule has 24 heteroatoms. The second-order valence-electron chi connectivity index (χ2n) is 22.6. The van der Waals surface area contributed by atoms with Gasteiger partial charge in [-0.15, -0.1) is 0 Å². The molecule has 1 saturated carbocycles. The molecule has 0 amide bonds. The molecule has 3 rings (SSSR count). The largest absolute Gasteiger partial charge is 0.472 e. The predicted octanol–water partition coefficient (Wildman–Crippen LogP) is 5.10. The molecule has 2 aliphatic heterocycles. The standard InChI is InChI=1S/C58H107O23P/c1-3-5-7-9-11-13-15-17-19-21-22-24-26-28-30-32-34-43(61)74-38-40(76-44(62)35-33-31-29-27-25-23-20-18-16-14-12-10-8-6-4-2)39-75-82(72,73)81-56-54(79-57-52(70)47(65)45(63)41(36-59)77-57)50(68)49(67)51(69)55(56)80-58-53(71)48(66)46(64)42(37-60)78-58/h14,16,40-42,45-60,63-71H,3-13,15,17-39H2,1-2H3,(H,72,73)/b16-14-. The van der Waals surface area contributed by atoms with Crippen molar-refractivity contribution >= 4 is 19.8 Å². The Hall–Kier alpha value is -1.81. The van der Waals surface area contributed by atoms with Crippen LogP contribution < -0.4 is 0 Å². The van der Waals surface area contributed by atoms with Crippen LogP contribution in [0.25, 0.3) is 0 Å². The van der Waals surface area contributed by atoms with Gasteiger partial charge in [0.05, 0.1) is 19.8 Å². The van der Waals surface area contributed by atoms with E-state index < -0.39 is 150 Å². The normalized spacial score (nSPS) is 30.8. The minimum Gasteiger partial charge on any atom is -0.462 e. The summed E-state index contributed by atoms with van der Waals surface area (Å²) >= 11 is 0. The van der Waals surface area contributed by atoms with E-state index in [-0.39, 0.29) is 12.8 Å². The highest BCUT2D eigenvalue weighted by Gasteiger charge is 2.58. The van der Waals surface area contributed by atoms with E-state index in [1.165, 1.54) is 96.3 Å². The van der Waals surface area contributed by atoms with E-state index in [1.807, 2.05) is 0 Å². The monoisotopic (exact) mass is 1200 g/mol. The zero-order valence-electron chi connectivity index (χ0n) is 49.0. The number of rotatable bonds is 46. The van der Waals surface area contributed by atoms with E-state index in [0.29, 0.717) is 12.8 Å². The SMILES string of the molecule is CCCCCC/C=C\CCCCCCCCCC(=O)OC(COC(=O)CCCCCCCCCCCCCCCCCC)COP(=O)(O)OC1C(OC2OC(CO)C(O)C(O)C2O)C(O)C(O)C(O)C1OC1OC(CO)C(O)C(O)C1O. The third-order valence-electron chi connectivity index (χ3n) is 15.6. The molecule has 3 fully saturated rings. The van der Waals surface area contributed by atoms with E-state index in [0.717, 1.165) is 77.0 Å². The fourth-order valence-electron chi connectivity index (χ4n) is 10.4. The fourth-order valence-corrected chi connectivity index (χ4v) is 11.4. The Labute approximate surface area is 486 Å². The smallest absolute Gasteiger partial charge is 0.462 e. The molecule has 0 bridgehead atoms. The molecule has 2 saturated heterocycles. The quantitative estimate of drug-likeness (QED) is 0.0163. The molecule has 12 N–H and O–H groups in total. The van der Waals surface area contributed by atoms with Crippen LogP contribution >= 0.6 is 7.82 Å². The summed E-state index contributed by atoms with van der Waals surface area (Å²) in [7, 11) is -5.64. The van der Waals surface area contributed by atoms with E-state index >= 15 is 0 Å². The number of phosphoric acid groups is 1. The molecule has 1 aliphatic carbocycles. The minimum absolute atomic E-state index is 0.0336. The summed E-state index contributed by atoms with van der Waals surface area (Å²) < 4.78 is 58.2. The van der Waals surface area contributed by atoms with Crippen molar-refractivity contribution in [1.29, 1.82) is 0 Å². The Kier molecular flexibility index (Phi) is 39.0. The number of hydrogen-bond acceptors (Lipinski definition) is 22. The number of aliphatic hydroxyl groups excluding tert-OH is 11. The van der Waals surface area contributed by atoms with Gasteiger partial charge in [-0.05, 0) is 38.5 Å². The summed E-state index contributed by atoms with van der Waals surface area (Å²) in [6.07, 6.45) is 1.77. The predicted molar refractivity (Wildman–Crippen MR) is 300 cm³/mol. The molecule has 0 spiro atoms. The van der Waals surface area contributed by atoms with Gasteiger partial charge in [0.1, 0.15) is 92.1 Å². The zero-order valence-corrected chi connectivity index (χ0v) is 49.9. The van der Waals surface area contributed by atoms with Gasteiger partial charge >= 0.3 is 19.8 Å². The second-order valence-corrected chi connectivity index (χ2v) is 24.0. The Morgan fingerprint density at radius 3 is 1.21 bits per heavy atom. The summed E-state index contributed by atoms with van der Waals surface area (Å²) in [5, 5.41) is 117. The first-order valence-corrected chi connectivity index (χ1v) is 32.5. The summed E-state index contributed by atoms with van der Waals surface area (Å²) in [6, 6.07) is 0. The lowest BCUT2D eigenvalue weighted by Crippen LogP contribution is -2.69. The lowest BCUT2D eigenvalue weighted by Gasteiger charge is -2.49. The van der Waals surface area contributed by atoms with Crippen molar-refractivity contribution in [3.8, 4) is 0 Å². The number of carbonyl (C=O) groups is 2. The van der Waals surface area contributed by atoms with E-state index in [1.54, 1.807) is 0 Å². The summed E-state index contributed by atoms with van der Waals surface area (Å²) in [6.45, 7) is 1.02. The van der Waals surface area contributed by atoms with Crippen LogP contribution in [0.15, 0.2) is 12.2 Å². The van der Waals surface area contributed by atoms with Crippen LogP contribution in [0.5, 0.6) is 0 Å². The summed E-state index contributed by atoms with van der Waals surface area (Å²) in [5.41, 5.74) is 0. The van der Waals surface area contributed by atoms with Crippen LogP contribution in [0.2, 0.25) is 0 Å². The lowest BCUT2D eigenvalue weighted by atomic mass is 9.84. The Morgan fingerprint density at radius 2 is 0.805 bits per heavy atom. The topological polar surface area (TPSA) is 368 Å². The van der Waals surface area contributed by atoms with Crippen molar-refractivity contribution in [2.24, 2.45) is 0 Å². The third kappa shape index (κ3) is 27.9. The summed E-state index contributed by atoms with van der Waals surface area (Å²) in [4.78, 5) is 37.6. The Bertz CT molecular complexity index is 1680. The number of phosphoric ester groups is 1. The molecule has 16 atom stereocenters. The highest BCUT2D eigenvalue weighted by atomic mass is 31.2. The van der Waals surface area contributed by atoms with Crippen LogP contribution in [0.3, 0.4) is 0 Å². The number of hydrogen-bond donors (Lipinski definition) is 12. The first kappa shape index (κ1) is 74.4. The first-order chi connectivity index (χ1) is 39.4. The Morgan fingerprint density at radius 1 is 0.451 bits per heavy atom. The molecule has 82 heavy (non-hydrogen) atoms. The third-order valence-corrected chi connectivity index (χ3v) is 16.6. The number of allylic oxidation sites excluding steroid dienone is 2. The van der Waals surface area contributed by atoms with Crippen molar-refractivity contribution in [3.63, 3.8) is 0 Å². The van der Waals surface area contributed by atoms with E-state index in [4.69, 9.17) is 37.5 Å². The molecule has 482 valence electrons. The number of esters is 2. The lowest BCUT2D eigenvalue weighted by molar-refractivity contribution is -0.360. The Balaban J connectivity index is 1.67. The molecule has 3 aliphatic rings. The van der Waals surface area contributed by atoms with Gasteiger partial charge in [0.25, 0.3) is 0 Å². The molecule has 0 aromatic carbocycles. The van der Waals surface area contributed by atoms with Gasteiger partial charge in [-0.3, -0.25) is 18.6 Å². The van der Waals surface area contributed by atoms with Gasteiger partial charge in [0.15, 0.2) is 18.7 Å². The number of ether oxygens (including phenoxy) is 6. The summed E-state index contributed by atoms with van der Waals surface area (Å²) in [5.74, 6) is -1.33. The van der Waals surface area contributed by atoms with Crippen LogP contribution in [0.4, 0.5) is 0 Å². The number of aliphatic hydroxyl groups is 11. The van der Waals surface area contributed by atoms with Crippen molar-refractivity contribution in [1.82, 2.24) is 0 Å². The minimum atomic E-state index is -5.64. The molecule has 2 heterocycles. The van der Waals surface area contributed by atoms with Gasteiger partial charge in [-0.25, -0.2) is 4.57 Å². The van der Waals surface area contributed by atoms with Crippen molar-refractivity contribution in [3.05, 3.63) is 12.2 Å². The van der Waals surface area contributed by atoms with Crippen molar-refractivity contribution in [2.45, 2.75) is 317 Å². The van der Waals surface area contributed by atoms with Gasteiger partial charge < -0.3 is 89.5 Å².